The molecule has 0 aliphatic heterocycles. The number of carbonyl (C=O) groups is 1. The van der Waals surface area contributed by atoms with Crippen LogP contribution in [-0.2, 0) is 4.79 Å². The molecule has 0 aromatic rings. The Bertz CT molecular complexity index is 208. The van der Waals surface area contributed by atoms with Crippen LogP contribution in [0.15, 0.2) is 0 Å². The molecule has 0 heterocycles. The van der Waals surface area contributed by atoms with Crippen molar-refractivity contribution in [2.24, 2.45) is 5.92 Å². The second kappa shape index (κ2) is 13.2. The molecule has 102 valence electrons. The summed E-state index contributed by atoms with van der Waals surface area (Å²) in [7, 11) is 4.10. The highest BCUT2D eigenvalue weighted by Gasteiger charge is 2.12. The van der Waals surface area contributed by atoms with Gasteiger partial charge in [-0.15, -0.1) is 0 Å². The third-order valence-corrected chi connectivity index (χ3v) is 2.53. The van der Waals surface area contributed by atoms with Gasteiger partial charge in [0.15, 0.2) is 0 Å². The maximum atomic E-state index is 10.4. The van der Waals surface area contributed by atoms with Crippen LogP contribution in [0.3, 0.4) is 0 Å². The van der Waals surface area contributed by atoms with E-state index in [2.05, 4.69) is 38.7 Å². The normalized spacial score (nSPS) is 11.1. The van der Waals surface area contributed by atoms with Gasteiger partial charge in [0.25, 0.3) is 0 Å². The molecule has 0 saturated heterocycles. The van der Waals surface area contributed by atoms with E-state index in [1.54, 1.807) is 0 Å². The topological polar surface area (TPSA) is 40.3 Å². The number of hydrogen-bond donors (Lipinski definition) is 1. The summed E-state index contributed by atoms with van der Waals surface area (Å²) < 4.78 is 2.09. The summed E-state index contributed by atoms with van der Waals surface area (Å²) in [6, 6.07) is 0. The SMILES string of the molecule is CCCC=[N+](C)C.CCCCC(CC)C(=O)O. The summed E-state index contributed by atoms with van der Waals surface area (Å²) in [6.45, 7) is 6.18. The van der Waals surface area contributed by atoms with E-state index in [9.17, 15) is 4.79 Å². The molecule has 1 N–H and O–H groups in total. The van der Waals surface area contributed by atoms with Gasteiger partial charge >= 0.3 is 5.97 Å². The fraction of sp³-hybridized carbons (Fsp3) is 0.857. The lowest BCUT2D eigenvalue weighted by molar-refractivity contribution is -0.460. The highest BCUT2D eigenvalue weighted by Crippen LogP contribution is 2.11. The molecule has 0 aromatic heterocycles. The van der Waals surface area contributed by atoms with Crippen LogP contribution in [0.25, 0.3) is 0 Å². The van der Waals surface area contributed by atoms with Crippen molar-refractivity contribution in [2.75, 3.05) is 14.1 Å². The summed E-state index contributed by atoms with van der Waals surface area (Å²) in [4.78, 5) is 10.4. The van der Waals surface area contributed by atoms with Crippen LogP contribution in [0.4, 0.5) is 0 Å². The summed E-state index contributed by atoms with van der Waals surface area (Å²) in [5.74, 6) is -0.754. The van der Waals surface area contributed by atoms with Crippen molar-refractivity contribution in [3.63, 3.8) is 0 Å². The van der Waals surface area contributed by atoms with Gasteiger partial charge in [-0.25, -0.2) is 4.58 Å². The van der Waals surface area contributed by atoms with Gasteiger partial charge in [0.1, 0.15) is 20.3 Å². The lowest BCUT2D eigenvalue weighted by Crippen LogP contribution is -2.11. The average molecular weight is 244 g/mol. The number of unbranched alkanes of at least 4 members (excludes halogenated alkanes) is 2. The number of carboxylic acids is 1. The van der Waals surface area contributed by atoms with Crippen molar-refractivity contribution in [3.8, 4) is 0 Å². The van der Waals surface area contributed by atoms with E-state index in [-0.39, 0.29) is 5.92 Å². The molecule has 1 atom stereocenters. The van der Waals surface area contributed by atoms with E-state index < -0.39 is 5.97 Å². The first kappa shape index (κ1) is 18.5. The van der Waals surface area contributed by atoms with E-state index in [0.29, 0.717) is 0 Å². The van der Waals surface area contributed by atoms with Crippen molar-refractivity contribution in [3.05, 3.63) is 0 Å². The smallest absolute Gasteiger partial charge is 0.306 e. The molecule has 0 saturated carbocycles. The molecule has 0 radical (unpaired) electrons. The zero-order valence-electron chi connectivity index (χ0n) is 12.2. The van der Waals surface area contributed by atoms with Gasteiger partial charge in [0.05, 0.1) is 5.92 Å². The third kappa shape index (κ3) is 15.1. The Morgan fingerprint density at radius 1 is 1.24 bits per heavy atom. The summed E-state index contributed by atoms with van der Waals surface area (Å²) in [5, 5.41) is 8.60. The summed E-state index contributed by atoms with van der Waals surface area (Å²) in [5.41, 5.74) is 0. The van der Waals surface area contributed by atoms with E-state index in [1.165, 1.54) is 12.8 Å². The van der Waals surface area contributed by atoms with Gasteiger partial charge in [-0.1, -0.05) is 33.6 Å². The lowest BCUT2D eigenvalue weighted by Gasteiger charge is -2.06. The second-order valence-electron chi connectivity index (χ2n) is 4.52. The van der Waals surface area contributed by atoms with Gasteiger partial charge in [0.2, 0.25) is 0 Å². The molecule has 0 spiro atoms. The van der Waals surface area contributed by atoms with Crippen LogP contribution in [0, 0.1) is 5.92 Å². The second-order valence-corrected chi connectivity index (χ2v) is 4.52. The molecule has 0 bridgehead atoms. The minimum Gasteiger partial charge on any atom is -0.481 e. The highest BCUT2D eigenvalue weighted by molar-refractivity contribution is 5.69. The Morgan fingerprint density at radius 3 is 2.06 bits per heavy atom. The van der Waals surface area contributed by atoms with Gasteiger partial charge in [0, 0.05) is 6.42 Å². The fourth-order valence-corrected chi connectivity index (χ4v) is 1.34. The minimum atomic E-state index is -0.643. The number of nitrogens with zero attached hydrogens (tertiary/aromatic N) is 1. The Kier molecular flexibility index (Phi) is 14.4. The summed E-state index contributed by atoms with van der Waals surface area (Å²) in [6.07, 6.45) is 8.34. The first-order chi connectivity index (χ1) is 7.99. The average Bonchev–Trinajstić information content (AvgIpc) is 2.27. The third-order valence-electron chi connectivity index (χ3n) is 2.53. The minimum absolute atomic E-state index is 0.111. The maximum absolute atomic E-state index is 10.4. The Balaban J connectivity index is 0. The number of hydrogen-bond acceptors (Lipinski definition) is 1. The molecule has 0 amide bonds. The van der Waals surface area contributed by atoms with Crippen molar-refractivity contribution < 1.29 is 14.5 Å². The van der Waals surface area contributed by atoms with Crippen molar-refractivity contribution >= 4 is 12.2 Å². The summed E-state index contributed by atoms with van der Waals surface area (Å²) >= 11 is 0. The molecule has 17 heavy (non-hydrogen) atoms. The zero-order valence-corrected chi connectivity index (χ0v) is 12.2. The number of aliphatic carboxylic acids is 1. The molecule has 0 fully saturated rings. The van der Waals surface area contributed by atoms with Crippen LogP contribution in [0.5, 0.6) is 0 Å². The Hall–Kier alpha value is -0.860. The highest BCUT2D eigenvalue weighted by atomic mass is 16.4. The lowest BCUT2D eigenvalue weighted by atomic mass is 10.00. The molecule has 0 aliphatic rings. The van der Waals surface area contributed by atoms with Crippen LogP contribution in [0.2, 0.25) is 0 Å². The monoisotopic (exact) mass is 244 g/mol. The van der Waals surface area contributed by atoms with E-state index >= 15 is 0 Å². The molecule has 3 heteroatoms. The van der Waals surface area contributed by atoms with Crippen LogP contribution < -0.4 is 0 Å². The fourth-order valence-electron chi connectivity index (χ4n) is 1.34. The van der Waals surface area contributed by atoms with Crippen LogP contribution >= 0.6 is 0 Å². The van der Waals surface area contributed by atoms with Crippen LogP contribution in [-0.4, -0.2) is 36.0 Å². The zero-order chi connectivity index (χ0) is 13.7. The molecule has 0 rings (SSSR count). The van der Waals surface area contributed by atoms with Gasteiger partial charge in [-0.2, -0.15) is 0 Å². The van der Waals surface area contributed by atoms with E-state index in [1.807, 2.05) is 6.92 Å². The predicted molar refractivity (Wildman–Crippen MR) is 74.0 cm³/mol. The molecule has 0 aromatic carbocycles. The molecular weight excluding hydrogens is 214 g/mol. The van der Waals surface area contributed by atoms with E-state index in [4.69, 9.17) is 5.11 Å². The Labute approximate surface area is 107 Å². The van der Waals surface area contributed by atoms with Gasteiger partial charge in [-0.05, 0) is 19.3 Å². The quantitative estimate of drug-likeness (QED) is 0.550. The number of carboxylic acid groups (broad SMARTS) is 1. The molecule has 3 nitrogen and oxygen atoms in total. The van der Waals surface area contributed by atoms with Crippen molar-refractivity contribution in [1.29, 1.82) is 0 Å². The van der Waals surface area contributed by atoms with Crippen molar-refractivity contribution in [2.45, 2.75) is 59.3 Å². The number of rotatable bonds is 7. The Morgan fingerprint density at radius 2 is 1.82 bits per heavy atom. The van der Waals surface area contributed by atoms with Gasteiger partial charge in [-0.3, -0.25) is 4.79 Å². The molecular formula is C14H30NO2+. The maximum Gasteiger partial charge on any atom is 0.306 e. The standard InChI is InChI=1S/C8H16O2.C6H14N/c1-3-5-6-7(4-2)8(9)10;1-4-5-6-7(2)3/h7H,3-6H2,1-2H3,(H,9,10);6H,4-5H2,1-3H3/q;+1. The van der Waals surface area contributed by atoms with E-state index in [0.717, 1.165) is 25.7 Å². The first-order valence-electron chi connectivity index (χ1n) is 6.72. The molecule has 1 unspecified atom stereocenters. The first-order valence-corrected chi connectivity index (χ1v) is 6.72. The largest absolute Gasteiger partial charge is 0.481 e. The van der Waals surface area contributed by atoms with Gasteiger partial charge < -0.3 is 5.11 Å². The molecule has 0 aliphatic carbocycles. The van der Waals surface area contributed by atoms with Crippen molar-refractivity contribution in [1.82, 2.24) is 0 Å². The van der Waals surface area contributed by atoms with Crippen LogP contribution in [0.1, 0.15) is 59.3 Å². The predicted octanol–water partition coefficient (Wildman–Crippen LogP) is 3.42.